The summed E-state index contributed by atoms with van der Waals surface area (Å²) in [5.74, 6) is 0. The number of aromatic nitrogens is 2. The number of pyridine rings is 1. The van der Waals surface area contributed by atoms with Crippen LogP contribution in [-0.4, -0.2) is 20.8 Å². The van der Waals surface area contributed by atoms with Gasteiger partial charge in [-0.3, -0.25) is 15.1 Å². The van der Waals surface area contributed by atoms with E-state index >= 15 is 0 Å². The second-order valence-electron chi connectivity index (χ2n) is 6.08. The molecule has 7 nitrogen and oxygen atoms in total. The predicted molar refractivity (Wildman–Crippen MR) is 121 cm³/mol. The molecule has 0 atom stereocenters. The molecule has 2 aromatic carbocycles. The van der Waals surface area contributed by atoms with E-state index in [2.05, 4.69) is 31.0 Å². The van der Waals surface area contributed by atoms with Gasteiger partial charge in [0.2, 0.25) is 4.80 Å². The van der Waals surface area contributed by atoms with Crippen molar-refractivity contribution in [2.24, 2.45) is 10.1 Å². The largest absolute Gasteiger partial charge is 0.294 e. The first-order chi connectivity index (χ1) is 14.6. The number of nitrogens with zero attached hydrogens (tertiary/aromatic N) is 5. The van der Waals surface area contributed by atoms with Crippen LogP contribution in [0.2, 0.25) is 0 Å². The van der Waals surface area contributed by atoms with Crippen molar-refractivity contribution in [3.63, 3.8) is 0 Å². The van der Waals surface area contributed by atoms with Gasteiger partial charge in [0.15, 0.2) is 0 Å². The standard InChI is InChI=1S/C21H14BrN5O2S/c22-16-7-5-6-15(12-16)20-14-30-21(25-18-9-1-2-10-19(18)27(28)29)26(20)24-13-17-8-3-4-11-23-17/h1-14H/b24-13+,25-21?. The minimum atomic E-state index is -0.441. The number of rotatable bonds is 5. The maximum atomic E-state index is 11.4. The van der Waals surface area contributed by atoms with Gasteiger partial charge in [-0.15, -0.1) is 11.3 Å². The summed E-state index contributed by atoms with van der Waals surface area (Å²) in [5, 5.41) is 17.9. The van der Waals surface area contributed by atoms with Gasteiger partial charge >= 0.3 is 0 Å². The van der Waals surface area contributed by atoms with E-state index in [4.69, 9.17) is 0 Å². The lowest BCUT2D eigenvalue weighted by molar-refractivity contribution is -0.384. The Kier molecular flexibility index (Phi) is 5.92. The molecule has 0 bridgehead atoms. The molecule has 0 aliphatic heterocycles. The fourth-order valence-electron chi connectivity index (χ4n) is 2.72. The summed E-state index contributed by atoms with van der Waals surface area (Å²) in [7, 11) is 0. The van der Waals surface area contributed by atoms with E-state index in [-0.39, 0.29) is 11.4 Å². The summed E-state index contributed by atoms with van der Waals surface area (Å²) < 4.78 is 2.60. The van der Waals surface area contributed by atoms with Gasteiger partial charge in [-0.05, 0) is 30.3 Å². The summed E-state index contributed by atoms with van der Waals surface area (Å²) >= 11 is 4.84. The molecule has 2 aromatic heterocycles. The second-order valence-corrected chi connectivity index (χ2v) is 7.83. The lowest BCUT2D eigenvalue weighted by atomic mass is 10.2. The van der Waals surface area contributed by atoms with Crippen LogP contribution < -0.4 is 4.80 Å². The van der Waals surface area contributed by atoms with Crippen LogP contribution in [0, 0.1) is 10.1 Å². The summed E-state index contributed by atoms with van der Waals surface area (Å²) in [6, 6.07) is 19.7. The fourth-order valence-corrected chi connectivity index (χ4v) is 3.97. The van der Waals surface area contributed by atoms with E-state index in [9.17, 15) is 10.1 Å². The van der Waals surface area contributed by atoms with E-state index < -0.39 is 4.92 Å². The first-order valence-corrected chi connectivity index (χ1v) is 10.5. The Hall–Kier alpha value is -3.43. The van der Waals surface area contributed by atoms with Crippen LogP contribution >= 0.6 is 27.3 Å². The molecule has 0 N–H and O–H groups in total. The molecule has 0 spiro atoms. The topological polar surface area (TPSA) is 85.7 Å². The smallest absolute Gasteiger partial charge is 0.258 e. The molecule has 0 aliphatic rings. The summed E-state index contributed by atoms with van der Waals surface area (Å²) in [6.07, 6.45) is 3.32. The zero-order valence-electron chi connectivity index (χ0n) is 15.4. The van der Waals surface area contributed by atoms with Crippen molar-refractivity contribution in [1.82, 2.24) is 9.66 Å². The summed E-state index contributed by atoms with van der Waals surface area (Å²) in [6.45, 7) is 0. The normalized spacial score (nSPS) is 11.8. The number of para-hydroxylation sites is 2. The van der Waals surface area contributed by atoms with Crippen LogP contribution in [0.5, 0.6) is 0 Å². The number of thiazole rings is 1. The van der Waals surface area contributed by atoms with Gasteiger partial charge in [0.1, 0.15) is 5.69 Å². The molecule has 0 amide bonds. The average molecular weight is 480 g/mol. The van der Waals surface area contributed by atoms with Gasteiger partial charge in [-0.2, -0.15) is 5.10 Å². The summed E-state index contributed by atoms with van der Waals surface area (Å²) in [4.78, 5) is 20.2. The van der Waals surface area contributed by atoms with Crippen LogP contribution in [0.25, 0.3) is 11.3 Å². The van der Waals surface area contributed by atoms with Crippen molar-refractivity contribution in [2.45, 2.75) is 0 Å². The number of hydrogen-bond donors (Lipinski definition) is 0. The Labute approximate surface area is 184 Å². The van der Waals surface area contributed by atoms with Gasteiger partial charge in [-0.25, -0.2) is 9.67 Å². The van der Waals surface area contributed by atoms with Gasteiger partial charge in [-0.1, -0.05) is 46.3 Å². The van der Waals surface area contributed by atoms with Crippen LogP contribution in [-0.2, 0) is 0 Å². The van der Waals surface area contributed by atoms with Gasteiger partial charge in [0.05, 0.1) is 22.5 Å². The summed E-state index contributed by atoms with van der Waals surface area (Å²) in [5.41, 5.74) is 2.64. The molecule has 148 valence electrons. The van der Waals surface area contributed by atoms with Gasteiger partial charge < -0.3 is 0 Å². The first kappa shape index (κ1) is 19.9. The first-order valence-electron chi connectivity index (χ1n) is 8.82. The van der Waals surface area contributed by atoms with Crippen molar-refractivity contribution in [2.75, 3.05) is 0 Å². The highest BCUT2D eigenvalue weighted by molar-refractivity contribution is 9.10. The third-order valence-corrected chi connectivity index (χ3v) is 5.40. The minimum absolute atomic E-state index is 0.0600. The van der Waals surface area contributed by atoms with Gasteiger partial charge in [0, 0.05) is 27.7 Å². The van der Waals surface area contributed by atoms with E-state index in [1.807, 2.05) is 47.8 Å². The molecular formula is C21H14BrN5O2S. The van der Waals surface area contributed by atoms with Gasteiger partial charge in [0.25, 0.3) is 5.69 Å². The Morgan fingerprint density at radius 1 is 1.10 bits per heavy atom. The maximum absolute atomic E-state index is 11.4. The van der Waals surface area contributed by atoms with Crippen molar-refractivity contribution in [3.05, 3.63) is 103 Å². The molecule has 4 aromatic rings. The fraction of sp³-hybridized carbons (Fsp3) is 0. The van der Waals surface area contributed by atoms with Crippen LogP contribution in [0.4, 0.5) is 11.4 Å². The number of nitro benzene ring substituents is 1. The van der Waals surface area contributed by atoms with Crippen molar-refractivity contribution < 1.29 is 4.92 Å². The van der Waals surface area contributed by atoms with Crippen LogP contribution in [0.1, 0.15) is 5.69 Å². The average Bonchev–Trinajstić information content (AvgIpc) is 3.15. The van der Waals surface area contributed by atoms with Crippen molar-refractivity contribution >= 4 is 44.9 Å². The molecule has 2 heterocycles. The highest BCUT2D eigenvalue weighted by atomic mass is 79.9. The van der Waals surface area contributed by atoms with Crippen LogP contribution in [0.15, 0.2) is 92.9 Å². The maximum Gasteiger partial charge on any atom is 0.294 e. The number of halogens is 1. The van der Waals surface area contributed by atoms with E-state index in [0.717, 1.165) is 15.7 Å². The molecule has 0 unspecified atom stereocenters. The molecule has 9 heteroatoms. The highest BCUT2D eigenvalue weighted by Crippen LogP contribution is 2.27. The zero-order valence-corrected chi connectivity index (χ0v) is 17.8. The number of benzene rings is 2. The van der Waals surface area contributed by atoms with E-state index in [1.165, 1.54) is 17.4 Å². The van der Waals surface area contributed by atoms with E-state index in [0.29, 0.717) is 10.5 Å². The Bertz CT molecular complexity index is 1300. The molecule has 0 aliphatic carbocycles. The SMILES string of the molecule is O=[N+]([O-])c1ccccc1N=c1scc(-c2cccc(Br)c2)n1/N=C/c1ccccn1. The third kappa shape index (κ3) is 4.42. The molecule has 0 fully saturated rings. The Balaban J connectivity index is 1.89. The number of hydrogen-bond acceptors (Lipinski definition) is 6. The van der Waals surface area contributed by atoms with E-state index in [1.54, 1.807) is 35.3 Å². The predicted octanol–water partition coefficient (Wildman–Crippen LogP) is 5.40. The third-order valence-electron chi connectivity index (χ3n) is 4.09. The zero-order chi connectivity index (χ0) is 20.9. The molecule has 0 saturated carbocycles. The van der Waals surface area contributed by atoms with Crippen molar-refractivity contribution in [3.8, 4) is 11.3 Å². The lowest BCUT2D eigenvalue weighted by Crippen LogP contribution is -2.12. The Morgan fingerprint density at radius 2 is 1.93 bits per heavy atom. The molecular weight excluding hydrogens is 466 g/mol. The lowest BCUT2D eigenvalue weighted by Gasteiger charge is -2.04. The quantitative estimate of drug-likeness (QED) is 0.218. The Morgan fingerprint density at radius 3 is 2.70 bits per heavy atom. The highest BCUT2D eigenvalue weighted by Gasteiger charge is 2.13. The number of nitro groups is 1. The molecule has 0 radical (unpaired) electrons. The monoisotopic (exact) mass is 479 g/mol. The van der Waals surface area contributed by atoms with Crippen molar-refractivity contribution in [1.29, 1.82) is 0 Å². The minimum Gasteiger partial charge on any atom is -0.258 e. The second kappa shape index (κ2) is 8.93. The molecule has 0 saturated heterocycles. The van der Waals surface area contributed by atoms with Crippen LogP contribution in [0.3, 0.4) is 0 Å². The molecule has 30 heavy (non-hydrogen) atoms. The molecule has 4 rings (SSSR count).